The number of benzene rings is 2. The molecule has 2 amide bonds. The van der Waals surface area contributed by atoms with Gasteiger partial charge < -0.3 is 15.4 Å². The van der Waals surface area contributed by atoms with E-state index in [0.29, 0.717) is 41.6 Å². The Morgan fingerprint density at radius 2 is 1.97 bits per heavy atom. The van der Waals surface area contributed by atoms with Crippen LogP contribution in [0.25, 0.3) is 0 Å². The number of halogens is 1. The largest absolute Gasteiger partial charge is 0.365 e. The molecule has 1 fully saturated rings. The van der Waals surface area contributed by atoms with E-state index < -0.39 is 0 Å². The minimum Gasteiger partial charge on any atom is -0.365 e. The van der Waals surface area contributed by atoms with Crippen LogP contribution in [-0.4, -0.2) is 36.1 Å². The molecule has 0 saturated carbocycles. The number of carbonyl (C=O) groups is 2. The van der Waals surface area contributed by atoms with Gasteiger partial charge in [-0.3, -0.25) is 4.79 Å². The van der Waals surface area contributed by atoms with Crippen LogP contribution in [0, 0.1) is 13.8 Å². The summed E-state index contributed by atoms with van der Waals surface area (Å²) in [5.74, 6) is -0.331. The second-order valence-electron chi connectivity index (χ2n) is 8.94. The second kappa shape index (κ2) is 9.30. The van der Waals surface area contributed by atoms with Crippen molar-refractivity contribution in [3.63, 3.8) is 0 Å². The number of hydrogen-bond acceptors (Lipinski definition) is 4. The summed E-state index contributed by atoms with van der Waals surface area (Å²) in [7, 11) is 0. The Labute approximate surface area is 209 Å². The third-order valence-corrected chi connectivity index (χ3v) is 7.25. The first-order chi connectivity index (χ1) is 16.9. The van der Waals surface area contributed by atoms with E-state index in [1.165, 1.54) is 0 Å². The van der Waals surface area contributed by atoms with Crippen LogP contribution in [0.2, 0.25) is 5.02 Å². The molecule has 2 aliphatic heterocycles. The molecule has 0 bridgehead atoms. The molecule has 2 aromatic carbocycles. The van der Waals surface area contributed by atoms with Gasteiger partial charge in [0.05, 0.1) is 23.4 Å². The zero-order valence-electron chi connectivity index (χ0n) is 19.7. The maximum Gasteiger partial charge on any atom is 0.357 e. The van der Waals surface area contributed by atoms with Crippen LogP contribution >= 0.6 is 11.6 Å². The van der Waals surface area contributed by atoms with Crippen LogP contribution in [0.1, 0.15) is 38.3 Å². The Morgan fingerprint density at radius 1 is 1.11 bits per heavy atom. The summed E-state index contributed by atoms with van der Waals surface area (Å²) >= 11 is 6.68. The molecule has 0 aromatic heterocycles. The maximum atomic E-state index is 14.2. The van der Waals surface area contributed by atoms with Crippen LogP contribution < -0.4 is 10.6 Å². The fourth-order valence-electron chi connectivity index (χ4n) is 4.88. The number of nitrogens with one attached hydrogen (secondary N) is 2. The smallest absolute Gasteiger partial charge is 0.357 e. The quantitative estimate of drug-likeness (QED) is 0.570. The van der Waals surface area contributed by atoms with Gasteiger partial charge in [0.25, 0.3) is 5.91 Å². The number of allylic oxidation sites excluding steroid dienone is 4. The van der Waals surface area contributed by atoms with Crippen molar-refractivity contribution >= 4 is 29.1 Å². The molecule has 1 aliphatic carbocycles. The fraction of sp³-hybridized carbons (Fsp3) is 0.214. The first-order valence-corrected chi connectivity index (χ1v) is 12.0. The van der Waals surface area contributed by atoms with Crippen molar-refractivity contribution in [3.8, 4) is 0 Å². The summed E-state index contributed by atoms with van der Waals surface area (Å²) in [6.07, 6.45) is 10.6. The molecule has 2 N–H and O–H groups in total. The lowest BCUT2D eigenvalue weighted by molar-refractivity contribution is -0.779. The molecule has 7 heteroatoms. The molecule has 35 heavy (non-hydrogen) atoms. The average Bonchev–Trinajstić information content (AvgIpc) is 3.03. The zero-order chi connectivity index (χ0) is 24.6. The van der Waals surface area contributed by atoms with Gasteiger partial charge in [-0.2, -0.15) is 4.48 Å². The van der Waals surface area contributed by atoms with E-state index in [1.807, 2.05) is 50.5 Å². The summed E-state index contributed by atoms with van der Waals surface area (Å²) in [6, 6.07) is 10.7. The molecular weight excluding hydrogens is 462 g/mol. The van der Waals surface area contributed by atoms with Gasteiger partial charge in [-0.05, 0) is 55.7 Å². The van der Waals surface area contributed by atoms with E-state index >= 15 is 0 Å². The summed E-state index contributed by atoms with van der Waals surface area (Å²) in [6.45, 7) is 5.18. The lowest BCUT2D eigenvalue weighted by Gasteiger charge is -2.41. The molecular formula is C28H27ClN3O3+. The third kappa shape index (κ3) is 4.04. The number of rotatable bonds is 3. The average molecular weight is 489 g/mol. The van der Waals surface area contributed by atoms with Gasteiger partial charge in [0, 0.05) is 29.1 Å². The number of nitrogens with zero attached hydrogens (tertiary/aromatic N) is 1. The van der Waals surface area contributed by atoms with Crippen LogP contribution in [-0.2, 0) is 4.74 Å². The van der Waals surface area contributed by atoms with Gasteiger partial charge in [-0.15, -0.1) is 0 Å². The van der Waals surface area contributed by atoms with E-state index in [4.69, 9.17) is 16.3 Å². The molecule has 2 aromatic rings. The topological polar surface area (TPSA) is 67.4 Å². The monoisotopic (exact) mass is 488 g/mol. The lowest BCUT2D eigenvalue weighted by Crippen LogP contribution is -2.56. The van der Waals surface area contributed by atoms with E-state index in [9.17, 15) is 9.59 Å². The molecule has 5 rings (SSSR count). The molecule has 3 aliphatic rings. The first-order valence-electron chi connectivity index (χ1n) is 11.6. The highest BCUT2D eigenvalue weighted by Gasteiger charge is 2.50. The van der Waals surface area contributed by atoms with Crippen molar-refractivity contribution in [1.29, 1.82) is 0 Å². The zero-order valence-corrected chi connectivity index (χ0v) is 20.5. The Morgan fingerprint density at radius 3 is 2.80 bits per heavy atom. The molecule has 0 spiro atoms. The molecule has 1 atom stereocenters. The molecule has 1 unspecified atom stereocenters. The van der Waals surface area contributed by atoms with Crippen LogP contribution in [0.15, 0.2) is 84.0 Å². The van der Waals surface area contributed by atoms with Gasteiger partial charge in [-0.1, -0.05) is 35.9 Å². The number of carbonyl (C=O) groups excluding carboxylic acids is 2. The van der Waals surface area contributed by atoms with Crippen molar-refractivity contribution in [2.45, 2.75) is 20.3 Å². The molecule has 2 heterocycles. The Balaban J connectivity index is 1.49. The molecule has 1 saturated heterocycles. The summed E-state index contributed by atoms with van der Waals surface area (Å²) in [4.78, 5) is 27.1. The van der Waals surface area contributed by atoms with Gasteiger partial charge in [0.2, 0.25) is 0 Å². The lowest BCUT2D eigenvalue weighted by atomic mass is 9.98. The van der Waals surface area contributed by atoms with E-state index in [1.54, 1.807) is 24.3 Å². The van der Waals surface area contributed by atoms with Crippen molar-refractivity contribution in [3.05, 3.63) is 111 Å². The van der Waals surface area contributed by atoms with Crippen LogP contribution in [0.5, 0.6) is 0 Å². The standard InChI is InChI=1S/C28H26ClN3O3/c1-18-6-5-8-23(19(18)2)27(33)31-21-10-11-24(25(29)14-21)28(34)32-12-13-35-17-22(32)16-30-15-20-7-3-4-9-26(20)32/h3-6,8-11,14-16,30H,7,12-13,17H2,1-2H3/p+1. The van der Waals surface area contributed by atoms with Gasteiger partial charge >= 0.3 is 5.91 Å². The van der Waals surface area contributed by atoms with Gasteiger partial charge in [-0.25, -0.2) is 4.79 Å². The van der Waals surface area contributed by atoms with Crippen molar-refractivity contribution < 1.29 is 18.8 Å². The Hall–Kier alpha value is -3.45. The highest BCUT2D eigenvalue weighted by molar-refractivity contribution is 6.34. The van der Waals surface area contributed by atoms with Crippen LogP contribution in [0.3, 0.4) is 0 Å². The highest BCUT2D eigenvalue weighted by Crippen LogP contribution is 2.40. The summed E-state index contributed by atoms with van der Waals surface area (Å²) < 4.78 is 5.75. The minimum atomic E-state index is -0.214. The highest BCUT2D eigenvalue weighted by atomic mass is 35.5. The number of quaternary nitrogens is 1. The van der Waals surface area contributed by atoms with Crippen molar-refractivity contribution in [1.82, 2.24) is 5.32 Å². The summed E-state index contributed by atoms with van der Waals surface area (Å²) in [5.41, 5.74) is 6.34. The van der Waals surface area contributed by atoms with Gasteiger partial charge in [0.15, 0.2) is 11.4 Å². The minimum absolute atomic E-state index is 0.0388. The van der Waals surface area contributed by atoms with Crippen LogP contribution in [0.4, 0.5) is 5.69 Å². The number of amides is 2. The Kier molecular flexibility index (Phi) is 6.19. The predicted molar refractivity (Wildman–Crippen MR) is 137 cm³/mol. The molecule has 0 radical (unpaired) electrons. The number of fused-ring (bicyclic) bond motifs is 3. The number of anilines is 1. The fourth-order valence-corrected chi connectivity index (χ4v) is 5.14. The third-order valence-electron chi connectivity index (χ3n) is 6.94. The van der Waals surface area contributed by atoms with E-state index in [0.717, 1.165) is 34.5 Å². The molecule has 6 nitrogen and oxygen atoms in total. The van der Waals surface area contributed by atoms with E-state index in [2.05, 4.69) is 16.7 Å². The van der Waals surface area contributed by atoms with Gasteiger partial charge in [0.1, 0.15) is 13.2 Å². The predicted octanol–water partition coefficient (Wildman–Crippen LogP) is 5.37. The SMILES string of the molecule is Cc1cccc(C(=O)Nc2ccc(C(=O)[N+]34CCOCC3=CNC=C3CC=CC=C34)c(Cl)c2)c1C. The number of aryl methyl sites for hydroxylation is 1. The number of hydrogen-bond donors (Lipinski definition) is 2. The normalized spacial score (nSPS) is 20.8. The van der Waals surface area contributed by atoms with Crippen molar-refractivity contribution in [2.24, 2.45) is 0 Å². The second-order valence-corrected chi connectivity index (χ2v) is 9.35. The van der Waals surface area contributed by atoms with Crippen molar-refractivity contribution in [2.75, 3.05) is 25.1 Å². The maximum absolute atomic E-state index is 14.2. The number of ether oxygens (including phenoxy) is 1. The number of morpholine rings is 1. The Bertz CT molecular complexity index is 1360. The first kappa shape index (κ1) is 23.3. The summed E-state index contributed by atoms with van der Waals surface area (Å²) in [5, 5.41) is 6.42. The van der Waals surface area contributed by atoms with E-state index in [-0.39, 0.29) is 16.3 Å². The molecule has 178 valence electrons.